The Hall–Kier alpha value is -8.04. The van der Waals surface area contributed by atoms with Gasteiger partial charge in [-0.25, -0.2) is 0 Å². The Morgan fingerprint density at radius 1 is 0.323 bits per heavy atom. The van der Waals surface area contributed by atoms with Gasteiger partial charge in [-0.1, -0.05) is 218 Å². The van der Waals surface area contributed by atoms with E-state index in [1.807, 2.05) is 11.3 Å². The summed E-state index contributed by atoms with van der Waals surface area (Å²) < 4.78 is 2.56. The summed E-state index contributed by atoms with van der Waals surface area (Å²) >= 11 is 1.88. The second kappa shape index (κ2) is 15.1. The standard InChI is InChI=1S/C63H41NS/c1-3-20-44(21-4-1)63(45-22-5-2-6-23-45)56-31-13-11-28-55(56)61-57(63)32-17-33-58(61)64(59-34-16-30-54-53-27-12-14-35-60(53)65-62(54)59)46-38-36-43(37-39-46)48-40-41-52(51-26-10-9-25-49(48)51)50-29-15-19-42-18-7-8-24-47(42)50/h1-41H. The molecule has 0 fully saturated rings. The van der Waals surface area contributed by atoms with Crippen LogP contribution in [-0.4, -0.2) is 0 Å². The zero-order valence-electron chi connectivity index (χ0n) is 35.5. The van der Waals surface area contributed by atoms with E-state index >= 15 is 0 Å². The topological polar surface area (TPSA) is 3.24 Å². The largest absolute Gasteiger partial charge is 0.308 e. The van der Waals surface area contributed by atoms with Crippen molar-refractivity contribution in [3.8, 4) is 33.4 Å². The van der Waals surface area contributed by atoms with Crippen LogP contribution in [0.1, 0.15) is 22.3 Å². The average molecular weight is 844 g/mol. The first-order valence-corrected chi connectivity index (χ1v) is 23.2. The Morgan fingerprint density at radius 3 is 1.63 bits per heavy atom. The number of benzene rings is 11. The van der Waals surface area contributed by atoms with E-state index in [0.29, 0.717) is 0 Å². The second-order valence-electron chi connectivity index (χ2n) is 17.1. The van der Waals surface area contributed by atoms with Crippen LogP contribution in [0.15, 0.2) is 249 Å². The quantitative estimate of drug-likeness (QED) is 0.154. The van der Waals surface area contributed by atoms with Gasteiger partial charge in [0.1, 0.15) is 0 Å². The molecule has 13 rings (SSSR count). The minimum absolute atomic E-state index is 0.511. The summed E-state index contributed by atoms with van der Waals surface area (Å²) in [6.45, 7) is 0. The molecule has 2 heteroatoms. The first-order chi connectivity index (χ1) is 32.3. The van der Waals surface area contributed by atoms with Crippen molar-refractivity contribution in [3.63, 3.8) is 0 Å². The molecular formula is C63H41NS. The van der Waals surface area contributed by atoms with Gasteiger partial charge in [-0.2, -0.15) is 0 Å². The first kappa shape index (κ1) is 37.5. The minimum atomic E-state index is -0.511. The fourth-order valence-electron chi connectivity index (χ4n) is 11.0. The molecule has 0 N–H and O–H groups in total. The summed E-state index contributed by atoms with van der Waals surface area (Å²) in [5, 5.41) is 7.59. The Kier molecular flexibility index (Phi) is 8.69. The molecule has 0 aliphatic heterocycles. The summed E-state index contributed by atoms with van der Waals surface area (Å²) in [4.78, 5) is 2.53. The van der Waals surface area contributed by atoms with Crippen molar-refractivity contribution in [1.29, 1.82) is 0 Å². The third-order valence-electron chi connectivity index (χ3n) is 13.8. The molecule has 11 aromatic carbocycles. The minimum Gasteiger partial charge on any atom is -0.308 e. The van der Waals surface area contributed by atoms with Crippen molar-refractivity contribution in [1.82, 2.24) is 0 Å². The molecule has 0 amide bonds. The third kappa shape index (κ3) is 5.71. The fraction of sp³-hybridized carbons (Fsp3) is 0.0159. The van der Waals surface area contributed by atoms with Crippen molar-refractivity contribution in [2.24, 2.45) is 0 Å². The number of fused-ring (bicyclic) bond motifs is 8. The van der Waals surface area contributed by atoms with Gasteiger partial charge in [-0.3, -0.25) is 0 Å². The van der Waals surface area contributed by atoms with E-state index in [1.165, 1.54) is 103 Å². The Morgan fingerprint density at radius 2 is 0.846 bits per heavy atom. The van der Waals surface area contributed by atoms with E-state index in [1.54, 1.807) is 0 Å². The van der Waals surface area contributed by atoms with Gasteiger partial charge in [-0.15, -0.1) is 11.3 Å². The second-order valence-corrected chi connectivity index (χ2v) is 18.1. The summed E-state index contributed by atoms with van der Waals surface area (Å²) in [5.41, 5.74) is 15.5. The number of anilines is 3. The van der Waals surface area contributed by atoms with Gasteiger partial charge in [0, 0.05) is 26.7 Å². The lowest BCUT2D eigenvalue weighted by Crippen LogP contribution is -2.28. The maximum Gasteiger partial charge on any atom is 0.0714 e. The van der Waals surface area contributed by atoms with Crippen molar-refractivity contribution in [2.75, 3.05) is 4.90 Å². The van der Waals surface area contributed by atoms with Crippen LogP contribution in [0.5, 0.6) is 0 Å². The summed E-state index contributed by atoms with van der Waals surface area (Å²) in [6.07, 6.45) is 0. The predicted molar refractivity (Wildman–Crippen MR) is 277 cm³/mol. The highest BCUT2D eigenvalue weighted by Crippen LogP contribution is 2.60. The number of nitrogens with zero attached hydrogens (tertiary/aromatic N) is 1. The van der Waals surface area contributed by atoms with Crippen LogP contribution in [-0.2, 0) is 5.41 Å². The molecule has 12 aromatic rings. The summed E-state index contributed by atoms with van der Waals surface area (Å²) in [7, 11) is 0. The molecule has 304 valence electrons. The maximum absolute atomic E-state index is 2.53. The number of thiophene rings is 1. The molecule has 0 unspecified atom stereocenters. The molecule has 0 bridgehead atoms. The molecular weight excluding hydrogens is 803 g/mol. The van der Waals surface area contributed by atoms with Crippen LogP contribution in [0.3, 0.4) is 0 Å². The molecule has 65 heavy (non-hydrogen) atoms. The van der Waals surface area contributed by atoms with E-state index in [-0.39, 0.29) is 0 Å². The highest BCUT2D eigenvalue weighted by atomic mass is 32.1. The Bertz CT molecular complexity index is 3730. The van der Waals surface area contributed by atoms with Crippen molar-refractivity contribution in [3.05, 3.63) is 271 Å². The van der Waals surface area contributed by atoms with Gasteiger partial charge in [0.05, 0.1) is 21.5 Å². The molecule has 0 radical (unpaired) electrons. The van der Waals surface area contributed by atoms with Gasteiger partial charge in [0.25, 0.3) is 0 Å². The van der Waals surface area contributed by atoms with Gasteiger partial charge in [0.15, 0.2) is 0 Å². The highest BCUT2D eigenvalue weighted by Gasteiger charge is 2.47. The smallest absolute Gasteiger partial charge is 0.0714 e. The monoisotopic (exact) mass is 843 g/mol. The molecule has 0 saturated heterocycles. The highest BCUT2D eigenvalue weighted by molar-refractivity contribution is 7.26. The number of hydrogen-bond acceptors (Lipinski definition) is 2. The van der Waals surface area contributed by atoms with Crippen LogP contribution in [0.25, 0.3) is 75.1 Å². The molecule has 1 aliphatic carbocycles. The van der Waals surface area contributed by atoms with Crippen LogP contribution in [0.2, 0.25) is 0 Å². The zero-order valence-corrected chi connectivity index (χ0v) is 36.3. The molecule has 1 heterocycles. The van der Waals surface area contributed by atoms with E-state index in [2.05, 4.69) is 254 Å². The van der Waals surface area contributed by atoms with E-state index in [4.69, 9.17) is 0 Å². The van der Waals surface area contributed by atoms with Crippen molar-refractivity contribution >= 4 is 70.1 Å². The molecule has 1 nitrogen and oxygen atoms in total. The number of hydrogen-bond donors (Lipinski definition) is 0. The lowest BCUT2D eigenvalue weighted by molar-refractivity contribution is 0.768. The Labute approximate surface area is 382 Å². The van der Waals surface area contributed by atoms with Gasteiger partial charge in [0.2, 0.25) is 0 Å². The first-order valence-electron chi connectivity index (χ1n) is 22.4. The fourth-order valence-corrected chi connectivity index (χ4v) is 12.2. The SMILES string of the molecule is c1ccc(C2(c3ccccc3)c3ccccc3-c3c(N(c4ccc(-c5ccc(-c6cccc7ccccc67)c6ccccc56)cc4)c4cccc5c4sc4ccccc45)cccc32)cc1. The molecule has 0 saturated carbocycles. The normalized spacial score (nSPS) is 12.7. The average Bonchev–Trinajstić information content (AvgIpc) is 3.92. The summed E-state index contributed by atoms with van der Waals surface area (Å²) in [6, 6.07) is 92.1. The van der Waals surface area contributed by atoms with E-state index < -0.39 is 5.41 Å². The summed E-state index contributed by atoms with van der Waals surface area (Å²) in [5.74, 6) is 0. The van der Waals surface area contributed by atoms with Gasteiger partial charge < -0.3 is 4.90 Å². The maximum atomic E-state index is 2.53. The van der Waals surface area contributed by atoms with E-state index in [9.17, 15) is 0 Å². The van der Waals surface area contributed by atoms with Crippen molar-refractivity contribution < 1.29 is 0 Å². The lowest BCUT2D eigenvalue weighted by Gasteiger charge is -2.34. The molecule has 1 aromatic heterocycles. The van der Waals surface area contributed by atoms with Crippen LogP contribution in [0, 0.1) is 0 Å². The lowest BCUT2D eigenvalue weighted by atomic mass is 9.68. The molecule has 1 aliphatic rings. The van der Waals surface area contributed by atoms with Gasteiger partial charge in [-0.05, 0) is 102 Å². The predicted octanol–water partition coefficient (Wildman–Crippen LogP) is 17.5. The van der Waals surface area contributed by atoms with Gasteiger partial charge >= 0.3 is 0 Å². The number of rotatable bonds is 7. The molecule has 0 atom stereocenters. The van der Waals surface area contributed by atoms with Crippen LogP contribution >= 0.6 is 11.3 Å². The van der Waals surface area contributed by atoms with Crippen LogP contribution < -0.4 is 4.90 Å². The third-order valence-corrected chi connectivity index (χ3v) is 15.0. The molecule has 0 spiro atoms. The van der Waals surface area contributed by atoms with E-state index in [0.717, 1.165) is 11.4 Å². The van der Waals surface area contributed by atoms with Crippen molar-refractivity contribution in [2.45, 2.75) is 5.41 Å². The zero-order chi connectivity index (χ0) is 42.9. The van der Waals surface area contributed by atoms with Crippen LogP contribution in [0.4, 0.5) is 17.1 Å². The Balaban J connectivity index is 1.03.